The molecule has 0 N–H and O–H groups in total. The van der Waals surface area contributed by atoms with Crippen molar-refractivity contribution >= 4 is 17.5 Å². The van der Waals surface area contributed by atoms with Crippen LogP contribution in [0.2, 0.25) is 0 Å². The van der Waals surface area contributed by atoms with Crippen LogP contribution in [-0.4, -0.2) is 4.76 Å². The van der Waals surface area contributed by atoms with Crippen molar-refractivity contribution in [1.82, 2.24) is 4.65 Å². The Bertz CT molecular complexity index is 877. The highest BCUT2D eigenvalue weighted by Crippen LogP contribution is 2.49. The zero-order chi connectivity index (χ0) is 16.4. The van der Waals surface area contributed by atoms with Crippen molar-refractivity contribution in [2.75, 3.05) is 0 Å². The van der Waals surface area contributed by atoms with Crippen molar-refractivity contribution in [2.45, 2.75) is 32.7 Å². The Hall–Kier alpha value is -2.30. The molecule has 2 aromatic rings. The number of hydrogen-bond donors (Lipinski definition) is 0. The normalized spacial score (nSPS) is 22.3. The number of hydrogen-bond acceptors (Lipinski definition) is 2. The van der Waals surface area contributed by atoms with E-state index in [1.165, 1.54) is 0 Å². The van der Waals surface area contributed by atoms with Crippen LogP contribution in [0.25, 0.3) is 6.08 Å². The summed E-state index contributed by atoms with van der Waals surface area (Å²) in [4.78, 5) is 12.6. The Labute approximate surface area is 135 Å². The van der Waals surface area contributed by atoms with Crippen molar-refractivity contribution in [3.05, 3.63) is 75.1 Å². The van der Waals surface area contributed by atoms with Crippen LogP contribution in [-0.2, 0) is 12.0 Å². The number of nitrogens with zero attached hydrogens (tertiary/aromatic N) is 2. The van der Waals surface area contributed by atoms with Crippen LogP contribution in [0.15, 0.2) is 48.3 Å². The van der Waals surface area contributed by atoms with E-state index in [1.807, 2.05) is 18.2 Å². The summed E-state index contributed by atoms with van der Waals surface area (Å²) in [6.07, 6.45) is 1.79. The number of hydroxylamine groups is 2. The molecule has 0 saturated carbocycles. The molecule has 0 aromatic heterocycles. The lowest BCUT2D eigenvalue weighted by Crippen LogP contribution is -2.42. The fourth-order valence-electron chi connectivity index (χ4n) is 3.61. The fourth-order valence-corrected chi connectivity index (χ4v) is 3.61. The van der Waals surface area contributed by atoms with Crippen molar-refractivity contribution in [3.8, 4) is 0 Å². The first-order valence-corrected chi connectivity index (χ1v) is 7.83. The molecule has 0 fully saturated rings. The smallest absolute Gasteiger partial charge is 0.429 e. The highest BCUT2D eigenvalue weighted by molar-refractivity contribution is 5.74. The predicted molar refractivity (Wildman–Crippen MR) is 91.7 cm³/mol. The predicted octanol–water partition coefficient (Wildman–Crippen LogP) is 4.73. The summed E-state index contributed by atoms with van der Waals surface area (Å²) in [7, 11) is 0. The lowest BCUT2D eigenvalue weighted by atomic mass is 9.81. The maximum Gasteiger partial charge on any atom is 0.429 e. The first-order valence-electron chi connectivity index (χ1n) is 7.83. The van der Waals surface area contributed by atoms with Gasteiger partial charge in [0.25, 0.3) is 0 Å². The zero-order valence-corrected chi connectivity index (χ0v) is 13.5. The van der Waals surface area contributed by atoms with E-state index in [1.54, 1.807) is 24.3 Å². The first-order chi connectivity index (χ1) is 10.8. The van der Waals surface area contributed by atoms with E-state index in [0.29, 0.717) is 11.4 Å². The van der Waals surface area contributed by atoms with E-state index in [-0.39, 0.29) is 17.8 Å². The lowest BCUT2D eigenvalue weighted by Gasteiger charge is -2.36. The number of fused-ring (bicyclic) bond motifs is 4. The highest BCUT2D eigenvalue weighted by atomic mass is 16.6. The third-order valence-electron chi connectivity index (χ3n) is 4.74. The van der Waals surface area contributed by atoms with Crippen molar-refractivity contribution in [3.63, 3.8) is 0 Å². The van der Waals surface area contributed by atoms with E-state index in [0.717, 1.165) is 21.5 Å². The third kappa shape index (κ3) is 1.85. The Morgan fingerprint density at radius 3 is 2.57 bits per heavy atom. The number of nitroso groups, excluding NO2 is 1. The Morgan fingerprint density at radius 1 is 1.09 bits per heavy atom. The van der Waals surface area contributed by atoms with Gasteiger partial charge in [-0.3, -0.25) is 0 Å². The molecule has 1 unspecified atom stereocenters. The monoisotopic (exact) mass is 307 g/mol. The van der Waals surface area contributed by atoms with Gasteiger partial charge in [0, 0.05) is 22.6 Å². The van der Waals surface area contributed by atoms with E-state index >= 15 is 0 Å². The fraction of sp³-hybridized carbons (Fsp3) is 0.263. The van der Waals surface area contributed by atoms with Gasteiger partial charge in [-0.25, -0.2) is 4.65 Å². The maximum atomic E-state index is 13.5. The average molecular weight is 307 g/mol. The molecular weight excluding hydrogens is 288 g/mol. The number of para-hydroxylation sites is 2. The summed E-state index contributed by atoms with van der Waals surface area (Å²) in [5.41, 5.74) is 4.13. The van der Waals surface area contributed by atoms with Gasteiger partial charge in [0.2, 0.25) is 5.69 Å². The standard InChI is InChI=1S/C19H19N2O2/c1-19(2,3)15-8-6-7-13-12-21(23)17-10-5-4-9-16(17)20(22)18(21)11-14(13)15/h4-11H,12H2,1-3H3/q+1. The SMILES string of the molecule is CC(C)(C)c1cccc2c1C=C1[N+](=O)c3ccccc3[N+]1([O-])C2. The Morgan fingerprint density at radius 2 is 1.83 bits per heavy atom. The highest BCUT2D eigenvalue weighted by Gasteiger charge is 2.54. The largest absolute Gasteiger partial charge is 0.617 e. The summed E-state index contributed by atoms with van der Waals surface area (Å²) < 4.78 is 0.102. The van der Waals surface area contributed by atoms with Gasteiger partial charge in [-0.1, -0.05) is 51.1 Å². The molecule has 4 nitrogen and oxygen atoms in total. The van der Waals surface area contributed by atoms with Gasteiger partial charge in [-0.2, -0.15) is 0 Å². The van der Waals surface area contributed by atoms with Gasteiger partial charge < -0.3 is 5.21 Å². The number of benzene rings is 2. The molecular formula is C19H19N2O2+. The van der Waals surface area contributed by atoms with Crippen molar-refractivity contribution < 1.29 is 4.76 Å². The van der Waals surface area contributed by atoms with E-state index < -0.39 is 4.65 Å². The zero-order valence-electron chi connectivity index (χ0n) is 13.5. The van der Waals surface area contributed by atoms with Crippen LogP contribution < -0.4 is 4.65 Å². The van der Waals surface area contributed by atoms with Crippen LogP contribution in [0.3, 0.4) is 0 Å². The third-order valence-corrected chi connectivity index (χ3v) is 4.74. The first kappa shape index (κ1) is 14.3. The van der Waals surface area contributed by atoms with Gasteiger partial charge in [0.15, 0.2) is 0 Å². The molecule has 1 atom stereocenters. The molecule has 23 heavy (non-hydrogen) atoms. The number of rotatable bonds is 0. The molecule has 2 aliphatic heterocycles. The van der Waals surface area contributed by atoms with Crippen LogP contribution in [0.1, 0.15) is 37.5 Å². The van der Waals surface area contributed by atoms with Crippen molar-refractivity contribution in [2.24, 2.45) is 0 Å². The molecule has 0 amide bonds. The number of quaternary nitrogens is 1. The Kier molecular flexibility index (Phi) is 2.72. The molecule has 2 heterocycles. The van der Waals surface area contributed by atoms with E-state index in [9.17, 15) is 10.1 Å². The summed E-state index contributed by atoms with van der Waals surface area (Å²) in [5.74, 6) is 0.260. The van der Waals surface area contributed by atoms with Gasteiger partial charge in [0.1, 0.15) is 11.3 Å². The van der Waals surface area contributed by atoms with Crippen LogP contribution in [0.5, 0.6) is 0 Å². The second-order valence-corrected chi connectivity index (χ2v) is 7.31. The minimum absolute atomic E-state index is 0.0442. The molecule has 0 bridgehead atoms. The lowest BCUT2D eigenvalue weighted by molar-refractivity contribution is -0.410. The molecule has 2 aliphatic rings. The molecule has 0 aliphatic carbocycles. The second-order valence-electron chi connectivity index (χ2n) is 7.31. The summed E-state index contributed by atoms with van der Waals surface area (Å²) in [6, 6.07) is 13.2. The minimum atomic E-state index is -0.694. The molecule has 4 heteroatoms. The average Bonchev–Trinajstić information content (AvgIpc) is 2.72. The Balaban J connectivity index is 1.99. The van der Waals surface area contributed by atoms with Gasteiger partial charge in [-0.15, -0.1) is 0 Å². The summed E-state index contributed by atoms with van der Waals surface area (Å²) >= 11 is 0. The minimum Gasteiger partial charge on any atom is -0.617 e. The van der Waals surface area contributed by atoms with Gasteiger partial charge >= 0.3 is 11.5 Å². The van der Waals surface area contributed by atoms with Crippen LogP contribution >= 0.6 is 0 Å². The van der Waals surface area contributed by atoms with Gasteiger partial charge in [0.05, 0.1) is 6.08 Å². The topological polar surface area (TPSA) is 43.1 Å². The maximum absolute atomic E-state index is 13.5. The molecule has 4 rings (SSSR count). The van der Waals surface area contributed by atoms with E-state index in [2.05, 4.69) is 26.8 Å². The summed E-state index contributed by atoms with van der Waals surface area (Å²) in [6.45, 7) is 6.70. The molecule has 2 aromatic carbocycles. The summed E-state index contributed by atoms with van der Waals surface area (Å²) in [5, 5.41) is 13.5. The quantitative estimate of drug-likeness (QED) is 0.401. The van der Waals surface area contributed by atoms with E-state index in [4.69, 9.17) is 0 Å². The van der Waals surface area contributed by atoms with Crippen molar-refractivity contribution in [1.29, 1.82) is 0 Å². The van der Waals surface area contributed by atoms with Crippen LogP contribution in [0.4, 0.5) is 11.4 Å². The molecule has 116 valence electrons. The molecule has 0 saturated heterocycles. The second kappa shape index (κ2) is 4.37. The molecule has 0 radical (unpaired) electrons. The van der Waals surface area contributed by atoms with Gasteiger partial charge in [-0.05, 0) is 16.5 Å². The van der Waals surface area contributed by atoms with Crippen LogP contribution in [0, 0.1) is 10.1 Å². The molecule has 0 spiro atoms.